The fourth-order valence-corrected chi connectivity index (χ4v) is 2.46. The van der Waals surface area contributed by atoms with Crippen LogP contribution >= 0.6 is 0 Å². The second-order valence-electron chi connectivity index (χ2n) is 7.41. The summed E-state index contributed by atoms with van der Waals surface area (Å²) < 4.78 is 13.5. The van der Waals surface area contributed by atoms with Gasteiger partial charge in [0.1, 0.15) is 12.4 Å². The normalized spacial score (nSPS) is 13.5. The number of hydrogen-bond acceptors (Lipinski definition) is 3. The number of halogens is 1. The lowest BCUT2D eigenvalue weighted by molar-refractivity contribution is -0.121. The molecule has 3 N–H and O–H groups in total. The highest BCUT2D eigenvalue weighted by atomic mass is 19.1. The number of benzene rings is 1. The molecule has 6 nitrogen and oxygen atoms in total. The van der Waals surface area contributed by atoms with Gasteiger partial charge in [-0.3, -0.25) is 4.79 Å². The molecule has 26 heavy (non-hydrogen) atoms. The SMILES string of the molecule is CCNC(=NCC(=O)NC(C)(C)C)NCC(c1cccc(F)c1)N(C)C. The van der Waals surface area contributed by atoms with Gasteiger partial charge in [-0.25, -0.2) is 9.38 Å². The third kappa shape index (κ3) is 8.29. The van der Waals surface area contributed by atoms with Crippen molar-refractivity contribution in [2.24, 2.45) is 4.99 Å². The van der Waals surface area contributed by atoms with Crippen LogP contribution in [0.25, 0.3) is 0 Å². The summed E-state index contributed by atoms with van der Waals surface area (Å²) in [4.78, 5) is 18.3. The average Bonchev–Trinajstić information content (AvgIpc) is 2.50. The monoisotopic (exact) mass is 365 g/mol. The topological polar surface area (TPSA) is 68.8 Å². The van der Waals surface area contributed by atoms with Crippen LogP contribution in [0, 0.1) is 5.82 Å². The molecule has 1 unspecified atom stereocenters. The molecule has 1 rings (SSSR count). The molecular formula is C19H32FN5O. The van der Waals surface area contributed by atoms with Crippen molar-refractivity contribution in [2.45, 2.75) is 39.3 Å². The second-order valence-corrected chi connectivity index (χ2v) is 7.41. The Balaban J connectivity index is 2.75. The Morgan fingerprint density at radius 1 is 1.27 bits per heavy atom. The summed E-state index contributed by atoms with van der Waals surface area (Å²) in [6.07, 6.45) is 0. The van der Waals surface area contributed by atoms with Gasteiger partial charge in [-0.05, 0) is 59.5 Å². The molecule has 1 aromatic rings. The third-order valence-corrected chi connectivity index (χ3v) is 3.56. The molecule has 1 atom stereocenters. The van der Waals surface area contributed by atoms with Gasteiger partial charge in [0, 0.05) is 18.6 Å². The highest BCUT2D eigenvalue weighted by Gasteiger charge is 2.16. The first-order valence-corrected chi connectivity index (χ1v) is 8.87. The van der Waals surface area contributed by atoms with Crippen LogP contribution in [0.4, 0.5) is 4.39 Å². The molecule has 0 aromatic heterocycles. The Morgan fingerprint density at radius 3 is 2.50 bits per heavy atom. The number of nitrogens with zero attached hydrogens (tertiary/aromatic N) is 2. The smallest absolute Gasteiger partial charge is 0.242 e. The van der Waals surface area contributed by atoms with E-state index in [-0.39, 0.29) is 29.8 Å². The van der Waals surface area contributed by atoms with Crippen LogP contribution in [-0.2, 0) is 4.79 Å². The van der Waals surface area contributed by atoms with Crippen LogP contribution in [0.3, 0.4) is 0 Å². The molecule has 0 heterocycles. The number of likely N-dealkylation sites (N-methyl/N-ethyl adjacent to an activating group) is 1. The summed E-state index contributed by atoms with van der Waals surface area (Å²) in [6, 6.07) is 6.54. The van der Waals surface area contributed by atoms with Crippen LogP contribution in [0.5, 0.6) is 0 Å². The van der Waals surface area contributed by atoms with Gasteiger partial charge in [0.05, 0.1) is 6.04 Å². The van der Waals surface area contributed by atoms with E-state index in [1.807, 2.05) is 52.8 Å². The molecule has 1 amide bonds. The van der Waals surface area contributed by atoms with Crippen molar-refractivity contribution < 1.29 is 9.18 Å². The Morgan fingerprint density at radius 2 is 1.96 bits per heavy atom. The zero-order valence-corrected chi connectivity index (χ0v) is 16.7. The largest absolute Gasteiger partial charge is 0.357 e. The van der Waals surface area contributed by atoms with Gasteiger partial charge in [0.2, 0.25) is 5.91 Å². The molecule has 0 fully saturated rings. The molecule has 1 aromatic carbocycles. The fourth-order valence-electron chi connectivity index (χ4n) is 2.46. The van der Waals surface area contributed by atoms with Crippen LogP contribution in [-0.4, -0.2) is 56.0 Å². The van der Waals surface area contributed by atoms with Crippen LogP contribution in [0.15, 0.2) is 29.3 Å². The molecule has 0 radical (unpaired) electrons. The predicted octanol–water partition coefficient (Wildman–Crippen LogP) is 1.90. The van der Waals surface area contributed by atoms with E-state index in [1.165, 1.54) is 12.1 Å². The minimum Gasteiger partial charge on any atom is -0.357 e. The Hall–Kier alpha value is -2.15. The van der Waals surface area contributed by atoms with E-state index in [0.29, 0.717) is 19.0 Å². The lowest BCUT2D eigenvalue weighted by Crippen LogP contribution is -2.44. The lowest BCUT2D eigenvalue weighted by atomic mass is 10.1. The predicted molar refractivity (Wildman–Crippen MR) is 105 cm³/mol. The van der Waals surface area contributed by atoms with Crippen molar-refractivity contribution in [1.82, 2.24) is 20.9 Å². The van der Waals surface area contributed by atoms with Crippen molar-refractivity contribution in [1.29, 1.82) is 0 Å². The number of guanidine groups is 1. The first-order chi connectivity index (χ1) is 12.1. The van der Waals surface area contributed by atoms with Crippen molar-refractivity contribution in [3.8, 4) is 0 Å². The number of amides is 1. The maximum Gasteiger partial charge on any atom is 0.242 e. The molecule has 146 valence electrons. The number of aliphatic imine (C=N–C) groups is 1. The Bertz CT molecular complexity index is 610. The van der Waals surface area contributed by atoms with E-state index in [9.17, 15) is 9.18 Å². The summed E-state index contributed by atoms with van der Waals surface area (Å²) in [7, 11) is 3.89. The molecular weight excluding hydrogens is 333 g/mol. The molecule has 0 aliphatic carbocycles. The van der Waals surface area contributed by atoms with Gasteiger partial charge < -0.3 is 20.9 Å². The van der Waals surface area contributed by atoms with Crippen LogP contribution < -0.4 is 16.0 Å². The molecule has 0 saturated heterocycles. The van der Waals surface area contributed by atoms with Gasteiger partial charge in [0.25, 0.3) is 0 Å². The molecule has 0 aliphatic heterocycles. The Labute approximate surface area is 156 Å². The van der Waals surface area contributed by atoms with E-state index >= 15 is 0 Å². The zero-order chi connectivity index (χ0) is 19.7. The minimum absolute atomic E-state index is 0.0297. The maximum atomic E-state index is 13.5. The van der Waals surface area contributed by atoms with Crippen molar-refractivity contribution in [3.05, 3.63) is 35.6 Å². The van der Waals surface area contributed by atoms with E-state index < -0.39 is 0 Å². The van der Waals surface area contributed by atoms with Crippen molar-refractivity contribution in [2.75, 3.05) is 33.7 Å². The fraction of sp³-hybridized carbons (Fsp3) is 0.579. The molecule has 0 bridgehead atoms. The molecule has 0 saturated carbocycles. The van der Waals surface area contributed by atoms with Crippen LogP contribution in [0.2, 0.25) is 0 Å². The number of hydrogen-bond donors (Lipinski definition) is 3. The van der Waals surface area contributed by atoms with Gasteiger partial charge >= 0.3 is 0 Å². The quantitative estimate of drug-likeness (QED) is 0.510. The van der Waals surface area contributed by atoms with Gasteiger partial charge in [0.15, 0.2) is 5.96 Å². The summed E-state index contributed by atoms with van der Waals surface area (Å²) in [5.74, 6) is 0.164. The highest BCUT2D eigenvalue weighted by Crippen LogP contribution is 2.18. The molecule has 0 spiro atoms. The minimum atomic E-state index is -0.286. The number of nitrogens with one attached hydrogen (secondary N) is 3. The Kier molecular flexibility index (Phi) is 8.51. The second kappa shape index (κ2) is 10.1. The van der Waals surface area contributed by atoms with Gasteiger partial charge in [-0.1, -0.05) is 12.1 Å². The first-order valence-electron chi connectivity index (χ1n) is 8.87. The summed E-state index contributed by atoms with van der Waals surface area (Å²) in [6.45, 7) is 9.00. The summed E-state index contributed by atoms with van der Waals surface area (Å²) in [5, 5.41) is 9.24. The first kappa shape index (κ1) is 21.9. The van der Waals surface area contributed by atoms with Gasteiger partial charge in [-0.2, -0.15) is 0 Å². The maximum absolute atomic E-state index is 13.5. The standard InChI is InChI=1S/C19H32FN5O/c1-7-21-18(23-13-17(26)24-19(2,3)4)22-12-16(25(5)6)14-9-8-10-15(20)11-14/h8-11,16H,7,12-13H2,1-6H3,(H,24,26)(H2,21,22,23). The van der Waals surface area contributed by atoms with Gasteiger partial charge in [-0.15, -0.1) is 0 Å². The third-order valence-electron chi connectivity index (χ3n) is 3.56. The van der Waals surface area contributed by atoms with Crippen LogP contribution in [0.1, 0.15) is 39.3 Å². The zero-order valence-electron chi connectivity index (χ0n) is 16.7. The molecule has 7 heteroatoms. The number of carbonyl (C=O) groups excluding carboxylic acids is 1. The van der Waals surface area contributed by atoms with Crippen molar-refractivity contribution >= 4 is 11.9 Å². The van der Waals surface area contributed by atoms with E-state index in [2.05, 4.69) is 20.9 Å². The highest BCUT2D eigenvalue weighted by molar-refractivity contribution is 5.85. The van der Waals surface area contributed by atoms with Crippen molar-refractivity contribution in [3.63, 3.8) is 0 Å². The van der Waals surface area contributed by atoms with E-state index in [1.54, 1.807) is 6.07 Å². The number of rotatable bonds is 7. The van der Waals surface area contributed by atoms with E-state index in [0.717, 1.165) is 5.56 Å². The summed E-state index contributed by atoms with van der Waals surface area (Å²) >= 11 is 0. The van der Waals surface area contributed by atoms with E-state index in [4.69, 9.17) is 0 Å². The average molecular weight is 365 g/mol. The number of carbonyl (C=O) groups is 1. The molecule has 0 aliphatic rings. The lowest BCUT2D eigenvalue weighted by Gasteiger charge is -2.26. The summed E-state index contributed by atoms with van der Waals surface area (Å²) in [5.41, 5.74) is 0.593.